The van der Waals surface area contributed by atoms with E-state index in [-0.39, 0.29) is 12.6 Å². The summed E-state index contributed by atoms with van der Waals surface area (Å²) in [7, 11) is 0. The van der Waals surface area contributed by atoms with Crippen LogP contribution in [0.25, 0.3) is 0 Å². The van der Waals surface area contributed by atoms with Crippen LogP contribution >= 0.6 is 0 Å². The fourth-order valence-electron chi connectivity index (χ4n) is 2.88. The van der Waals surface area contributed by atoms with Crippen LogP contribution in [0.4, 0.5) is 0 Å². The number of nitrogens with two attached hydrogens (primary N) is 1. The van der Waals surface area contributed by atoms with Crippen molar-refractivity contribution in [3.05, 3.63) is 0 Å². The standard InChI is InChI=1S/C26H53NO10/c1-2-3-4-5-6-7-26(28)37-25-24-36-23-22-35-21-20-34-19-18-33-17-16-32-15-14-31-13-12-30-11-10-29-9-8-27/h2-25,27H2,1H3. The lowest BCUT2D eigenvalue weighted by Gasteiger charge is -2.09. The van der Waals surface area contributed by atoms with Gasteiger partial charge in [-0.25, -0.2) is 0 Å². The first-order valence-electron chi connectivity index (χ1n) is 13.8. The summed E-state index contributed by atoms with van der Waals surface area (Å²) in [5.41, 5.74) is 5.32. The molecule has 0 aromatic heterocycles. The number of hydrogen-bond donors (Lipinski definition) is 1. The van der Waals surface area contributed by atoms with E-state index in [4.69, 9.17) is 48.4 Å². The molecular weight excluding hydrogens is 486 g/mol. The quantitative estimate of drug-likeness (QED) is 0.0996. The molecule has 37 heavy (non-hydrogen) atoms. The molecule has 0 saturated carbocycles. The number of hydrogen-bond acceptors (Lipinski definition) is 11. The molecule has 0 aromatic rings. The summed E-state index contributed by atoms with van der Waals surface area (Å²) in [6.07, 6.45) is 6.10. The highest BCUT2D eigenvalue weighted by atomic mass is 16.6. The predicted molar refractivity (Wildman–Crippen MR) is 140 cm³/mol. The second-order valence-electron chi connectivity index (χ2n) is 8.07. The van der Waals surface area contributed by atoms with Crippen LogP contribution in [0.5, 0.6) is 0 Å². The van der Waals surface area contributed by atoms with E-state index in [0.717, 1.165) is 12.8 Å². The van der Waals surface area contributed by atoms with Gasteiger partial charge in [-0.05, 0) is 6.42 Å². The van der Waals surface area contributed by atoms with E-state index in [1.165, 1.54) is 19.3 Å². The maximum absolute atomic E-state index is 11.6. The molecule has 0 rings (SSSR count). The van der Waals surface area contributed by atoms with Crippen molar-refractivity contribution >= 4 is 5.97 Å². The molecule has 0 heterocycles. The van der Waals surface area contributed by atoms with E-state index in [1.54, 1.807) is 0 Å². The normalized spacial score (nSPS) is 11.3. The zero-order chi connectivity index (χ0) is 26.9. The number of unbranched alkanes of at least 4 members (excludes halogenated alkanes) is 4. The highest BCUT2D eigenvalue weighted by Crippen LogP contribution is 2.05. The lowest BCUT2D eigenvalue weighted by Crippen LogP contribution is -2.15. The third kappa shape index (κ3) is 33.1. The first-order valence-corrected chi connectivity index (χ1v) is 13.8. The lowest BCUT2D eigenvalue weighted by molar-refractivity contribution is -0.145. The van der Waals surface area contributed by atoms with E-state index >= 15 is 0 Å². The Morgan fingerprint density at radius 2 is 0.784 bits per heavy atom. The Kier molecular flexibility index (Phi) is 32.3. The van der Waals surface area contributed by atoms with Crippen molar-refractivity contribution in [1.29, 1.82) is 0 Å². The van der Waals surface area contributed by atoms with Gasteiger partial charge in [0, 0.05) is 13.0 Å². The minimum absolute atomic E-state index is 0.144. The number of carbonyl (C=O) groups is 1. The third-order valence-electron chi connectivity index (χ3n) is 4.84. The van der Waals surface area contributed by atoms with E-state index in [1.807, 2.05) is 0 Å². The molecule has 0 aromatic carbocycles. The van der Waals surface area contributed by atoms with E-state index in [0.29, 0.717) is 119 Å². The van der Waals surface area contributed by atoms with Crippen LogP contribution in [0, 0.1) is 0 Å². The summed E-state index contributed by atoms with van der Waals surface area (Å²) in [4.78, 5) is 11.6. The second kappa shape index (κ2) is 33.1. The average Bonchev–Trinajstić information content (AvgIpc) is 2.90. The van der Waals surface area contributed by atoms with Crippen LogP contribution in [-0.4, -0.2) is 125 Å². The third-order valence-corrected chi connectivity index (χ3v) is 4.84. The molecule has 0 radical (unpaired) electrons. The number of ether oxygens (including phenoxy) is 9. The van der Waals surface area contributed by atoms with Crippen LogP contribution in [0.2, 0.25) is 0 Å². The highest BCUT2D eigenvalue weighted by molar-refractivity contribution is 5.69. The van der Waals surface area contributed by atoms with Gasteiger partial charge in [0.25, 0.3) is 0 Å². The van der Waals surface area contributed by atoms with Crippen molar-refractivity contribution in [3.63, 3.8) is 0 Å². The van der Waals surface area contributed by atoms with Gasteiger partial charge in [0.1, 0.15) is 6.61 Å². The van der Waals surface area contributed by atoms with Crippen molar-refractivity contribution < 1.29 is 47.4 Å². The fourth-order valence-corrected chi connectivity index (χ4v) is 2.88. The largest absolute Gasteiger partial charge is 0.463 e. The maximum Gasteiger partial charge on any atom is 0.305 e. The van der Waals surface area contributed by atoms with Crippen LogP contribution in [0.1, 0.15) is 45.4 Å². The van der Waals surface area contributed by atoms with Crippen LogP contribution in [0.15, 0.2) is 0 Å². The van der Waals surface area contributed by atoms with Crippen molar-refractivity contribution in [1.82, 2.24) is 0 Å². The van der Waals surface area contributed by atoms with Crippen molar-refractivity contribution in [2.24, 2.45) is 5.73 Å². The molecule has 11 heteroatoms. The molecule has 222 valence electrons. The molecule has 0 unspecified atom stereocenters. The van der Waals surface area contributed by atoms with Gasteiger partial charge in [-0.1, -0.05) is 32.6 Å². The van der Waals surface area contributed by atoms with E-state index in [2.05, 4.69) is 6.92 Å². The average molecular weight is 540 g/mol. The zero-order valence-electron chi connectivity index (χ0n) is 23.1. The summed E-state index contributed by atoms with van der Waals surface area (Å²) in [6, 6.07) is 0. The molecule has 11 nitrogen and oxygen atoms in total. The molecule has 0 amide bonds. The lowest BCUT2D eigenvalue weighted by atomic mass is 10.1. The Hall–Kier alpha value is -0.890. The fraction of sp³-hybridized carbons (Fsp3) is 0.962. The monoisotopic (exact) mass is 539 g/mol. The van der Waals surface area contributed by atoms with Gasteiger partial charge in [-0.15, -0.1) is 0 Å². The Balaban J connectivity index is 3.08. The van der Waals surface area contributed by atoms with Crippen LogP contribution in [-0.2, 0) is 47.4 Å². The number of esters is 1. The molecule has 0 saturated heterocycles. The number of carbonyl (C=O) groups excluding carboxylic acids is 1. The van der Waals surface area contributed by atoms with Gasteiger partial charge in [0.2, 0.25) is 0 Å². The van der Waals surface area contributed by atoms with Gasteiger partial charge in [0.05, 0.1) is 106 Å². The molecule has 0 aliphatic rings. The van der Waals surface area contributed by atoms with Crippen molar-refractivity contribution in [2.75, 3.05) is 119 Å². The summed E-state index contributed by atoms with van der Waals surface area (Å²) < 4.78 is 48.2. The first-order chi connectivity index (χ1) is 18.3. The molecule has 0 aliphatic heterocycles. The smallest absolute Gasteiger partial charge is 0.305 e. The first kappa shape index (κ1) is 36.1. The van der Waals surface area contributed by atoms with Crippen LogP contribution in [0.3, 0.4) is 0 Å². The molecule has 2 N–H and O–H groups in total. The Morgan fingerprint density at radius 3 is 1.14 bits per heavy atom. The molecule has 0 fully saturated rings. The zero-order valence-corrected chi connectivity index (χ0v) is 23.1. The minimum atomic E-state index is -0.144. The predicted octanol–water partition coefficient (Wildman–Crippen LogP) is 1.98. The van der Waals surface area contributed by atoms with Gasteiger partial charge < -0.3 is 48.4 Å². The Morgan fingerprint density at radius 1 is 0.459 bits per heavy atom. The topological polar surface area (TPSA) is 126 Å². The number of rotatable bonds is 32. The summed E-state index contributed by atoms with van der Waals surface area (Å²) >= 11 is 0. The summed E-state index contributed by atoms with van der Waals surface area (Å²) in [5.74, 6) is -0.144. The Bertz CT molecular complexity index is 446. The molecule has 0 bridgehead atoms. The second-order valence-corrected chi connectivity index (χ2v) is 8.07. The van der Waals surface area contributed by atoms with Gasteiger partial charge in [-0.3, -0.25) is 4.79 Å². The Labute approximate surface area is 223 Å². The minimum Gasteiger partial charge on any atom is -0.463 e. The van der Waals surface area contributed by atoms with E-state index < -0.39 is 0 Å². The molecular formula is C26H53NO10. The van der Waals surface area contributed by atoms with E-state index in [9.17, 15) is 4.79 Å². The summed E-state index contributed by atoms with van der Waals surface area (Å²) in [6.45, 7) is 11.1. The molecule has 0 atom stereocenters. The molecule has 0 spiro atoms. The maximum atomic E-state index is 11.6. The van der Waals surface area contributed by atoms with Gasteiger partial charge >= 0.3 is 5.97 Å². The van der Waals surface area contributed by atoms with Gasteiger partial charge in [0.15, 0.2) is 0 Å². The SMILES string of the molecule is CCCCCCCC(=O)OCCOCCOCCOCCOCCOCCOCCOCCOCCN. The van der Waals surface area contributed by atoms with Crippen molar-refractivity contribution in [3.8, 4) is 0 Å². The van der Waals surface area contributed by atoms with Crippen molar-refractivity contribution in [2.45, 2.75) is 45.4 Å². The highest BCUT2D eigenvalue weighted by Gasteiger charge is 2.02. The molecule has 0 aliphatic carbocycles. The van der Waals surface area contributed by atoms with Crippen LogP contribution < -0.4 is 5.73 Å². The summed E-state index contributed by atoms with van der Waals surface area (Å²) in [5, 5.41) is 0. The van der Waals surface area contributed by atoms with Gasteiger partial charge in [-0.2, -0.15) is 0 Å².